The van der Waals surface area contributed by atoms with E-state index in [9.17, 15) is 4.79 Å². The zero-order valence-electron chi connectivity index (χ0n) is 16.8. The Bertz CT molecular complexity index is 533. The third-order valence-corrected chi connectivity index (χ3v) is 4.37. The normalized spacial score (nSPS) is 13.4. The van der Waals surface area contributed by atoms with Crippen LogP contribution in [-0.2, 0) is 9.53 Å². The van der Waals surface area contributed by atoms with E-state index in [1.54, 1.807) is 0 Å². The van der Waals surface area contributed by atoms with Crippen molar-refractivity contribution in [3.05, 3.63) is 23.3 Å². The van der Waals surface area contributed by atoms with E-state index < -0.39 is 5.60 Å². The van der Waals surface area contributed by atoms with Crippen LogP contribution in [0.15, 0.2) is 12.1 Å². The Balaban J connectivity index is 2.89. The third-order valence-electron chi connectivity index (χ3n) is 4.37. The molecule has 0 unspecified atom stereocenters. The molecule has 25 heavy (non-hydrogen) atoms. The Labute approximate surface area is 153 Å². The van der Waals surface area contributed by atoms with Crippen molar-refractivity contribution in [1.29, 1.82) is 0 Å². The van der Waals surface area contributed by atoms with E-state index in [0.717, 1.165) is 54.7 Å². The summed E-state index contributed by atoms with van der Waals surface area (Å²) in [7, 11) is 0. The summed E-state index contributed by atoms with van der Waals surface area (Å²) in [6.07, 6.45) is 4.93. The number of amides is 1. The number of aryl methyl sites for hydroxylation is 2. The molecular weight excluding hydrogens is 314 g/mol. The van der Waals surface area contributed by atoms with Gasteiger partial charge in [-0.05, 0) is 63.8 Å². The Morgan fingerprint density at radius 2 is 1.72 bits per heavy atom. The molecule has 0 bridgehead atoms. The zero-order chi connectivity index (χ0) is 18.9. The fourth-order valence-electron chi connectivity index (χ4n) is 3.00. The molecule has 0 aliphatic carbocycles. The maximum Gasteiger partial charge on any atom is 0.256 e. The van der Waals surface area contributed by atoms with Gasteiger partial charge in [-0.1, -0.05) is 33.1 Å². The quantitative estimate of drug-likeness (QED) is 0.544. The van der Waals surface area contributed by atoms with Gasteiger partial charge in [0.15, 0.2) is 0 Å². The maximum atomic E-state index is 12.8. The number of carbonyl (C=O) groups excluding carboxylic acids is 1. The highest BCUT2D eigenvalue weighted by atomic mass is 16.5. The van der Waals surface area contributed by atoms with Crippen LogP contribution < -0.4 is 10.1 Å². The van der Waals surface area contributed by atoms with Crippen LogP contribution in [0, 0.1) is 13.8 Å². The molecule has 4 nitrogen and oxygen atoms in total. The van der Waals surface area contributed by atoms with Gasteiger partial charge in [0, 0.05) is 12.3 Å². The summed E-state index contributed by atoms with van der Waals surface area (Å²) in [5, 5.41) is 3.04. The van der Waals surface area contributed by atoms with E-state index in [-0.39, 0.29) is 5.91 Å². The summed E-state index contributed by atoms with van der Waals surface area (Å²) in [5.74, 6) is 0.835. The monoisotopic (exact) mass is 349 g/mol. The molecule has 1 aromatic rings. The maximum absolute atomic E-state index is 12.8. The van der Waals surface area contributed by atoms with Gasteiger partial charge in [-0.2, -0.15) is 0 Å². The van der Waals surface area contributed by atoms with Crippen LogP contribution in [0.2, 0.25) is 0 Å². The van der Waals surface area contributed by atoms with Crippen molar-refractivity contribution >= 4 is 11.6 Å². The van der Waals surface area contributed by atoms with E-state index in [2.05, 4.69) is 19.2 Å². The van der Waals surface area contributed by atoms with Crippen LogP contribution in [0.25, 0.3) is 0 Å². The van der Waals surface area contributed by atoms with Crippen LogP contribution in [0.1, 0.15) is 70.9 Å². The average molecular weight is 350 g/mol. The van der Waals surface area contributed by atoms with Gasteiger partial charge < -0.3 is 14.8 Å². The number of carbonyl (C=O) groups is 1. The molecule has 1 amide bonds. The molecular formula is C21H35NO3. The second-order valence-corrected chi connectivity index (χ2v) is 6.86. The van der Waals surface area contributed by atoms with E-state index in [1.807, 2.05) is 39.8 Å². The van der Waals surface area contributed by atoms with E-state index in [0.29, 0.717) is 13.2 Å². The highest BCUT2D eigenvalue weighted by molar-refractivity contribution is 5.97. The molecule has 0 spiro atoms. The molecule has 0 saturated carbocycles. The van der Waals surface area contributed by atoms with Crippen molar-refractivity contribution in [3.8, 4) is 5.75 Å². The van der Waals surface area contributed by atoms with Crippen LogP contribution in [0.5, 0.6) is 5.75 Å². The molecule has 142 valence electrons. The molecule has 0 aromatic heterocycles. The van der Waals surface area contributed by atoms with E-state index in [4.69, 9.17) is 9.47 Å². The lowest BCUT2D eigenvalue weighted by molar-refractivity contribution is -0.139. The van der Waals surface area contributed by atoms with E-state index in [1.165, 1.54) is 0 Å². The molecule has 0 aliphatic rings. The molecule has 1 N–H and O–H groups in total. The van der Waals surface area contributed by atoms with Gasteiger partial charge in [0.1, 0.15) is 11.4 Å². The van der Waals surface area contributed by atoms with Crippen molar-refractivity contribution in [1.82, 2.24) is 0 Å². The first-order chi connectivity index (χ1) is 11.9. The summed E-state index contributed by atoms with van der Waals surface area (Å²) >= 11 is 0. The number of hydrogen-bond donors (Lipinski definition) is 1. The van der Waals surface area contributed by atoms with Gasteiger partial charge in [0.2, 0.25) is 0 Å². The first kappa shape index (κ1) is 21.5. The first-order valence-electron chi connectivity index (χ1n) is 9.57. The van der Waals surface area contributed by atoms with Crippen molar-refractivity contribution in [3.63, 3.8) is 0 Å². The Hall–Kier alpha value is -1.55. The summed E-state index contributed by atoms with van der Waals surface area (Å²) < 4.78 is 11.6. The van der Waals surface area contributed by atoms with E-state index >= 15 is 0 Å². The molecule has 0 fully saturated rings. The lowest BCUT2D eigenvalue weighted by atomic mass is 9.96. The van der Waals surface area contributed by atoms with Gasteiger partial charge >= 0.3 is 0 Å². The van der Waals surface area contributed by atoms with Gasteiger partial charge in [-0.25, -0.2) is 0 Å². The number of benzene rings is 1. The first-order valence-corrected chi connectivity index (χ1v) is 9.57. The van der Waals surface area contributed by atoms with Gasteiger partial charge in [-0.15, -0.1) is 0 Å². The van der Waals surface area contributed by atoms with Crippen molar-refractivity contribution in [2.45, 2.75) is 79.2 Å². The molecule has 0 saturated heterocycles. The molecule has 1 atom stereocenters. The van der Waals surface area contributed by atoms with Crippen LogP contribution in [-0.4, -0.2) is 24.7 Å². The van der Waals surface area contributed by atoms with Crippen molar-refractivity contribution in [2.24, 2.45) is 0 Å². The number of nitrogens with one attached hydrogen (secondary N) is 1. The molecule has 1 aromatic carbocycles. The minimum atomic E-state index is -0.789. The second kappa shape index (κ2) is 10.4. The fraction of sp³-hybridized carbons (Fsp3) is 0.667. The third kappa shape index (κ3) is 6.35. The highest BCUT2D eigenvalue weighted by Gasteiger charge is 2.33. The second-order valence-electron chi connectivity index (χ2n) is 6.86. The number of anilines is 1. The molecule has 0 radical (unpaired) electrons. The lowest BCUT2D eigenvalue weighted by Crippen LogP contribution is -2.42. The summed E-state index contributed by atoms with van der Waals surface area (Å²) in [5.41, 5.74) is 2.08. The van der Waals surface area contributed by atoms with Crippen LogP contribution >= 0.6 is 0 Å². The predicted molar refractivity (Wildman–Crippen MR) is 105 cm³/mol. The van der Waals surface area contributed by atoms with Gasteiger partial charge in [0.25, 0.3) is 5.91 Å². The topological polar surface area (TPSA) is 47.6 Å². The summed E-state index contributed by atoms with van der Waals surface area (Å²) in [6.45, 7) is 13.3. The molecule has 1 rings (SSSR count). The Morgan fingerprint density at radius 3 is 2.24 bits per heavy atom. The summed E-state index contributed by atoms with van der Waals surface area (Å²) in [4.78, 5) is 12.8. The fourth-order valence-corrected chi connectivity index (χ4v) is 3.00. The van der Waals surface area contributed by atoms with Gasteiger partial charge in [0.05, 0.1) is 6.61 Å². The average Bonchev–Trinajstić information content (AvgIpc) is 2.54. The minimum absolute atomic E-state index is 0.0773. The molecule has 0 heterocycles. The van der Waals surface area contributed by atoms with Crippen LogP contribution in [0.3, 0.4) is 0 Å². The van der Waals surface area contributed by atoms with Crippen molar-refractivity contribution in [2.75, 3.05) is 18.5 Å². The molecule has 4 heteroatoms. The SMILES string of the molecule is CCCCC[C@](C)(OCC)C(=O)Nc1cc(C)c(OCCC)c(C)c1. The standard InChI is InChI=1S/C21H35NO3/c1-7-10-11-12-21(6,25-9-3)20(23)22-18-14-16(4)19(17(5)15-18)24-13-8-2/h14-15H,7-13H2,1-6H3,(H,22,23)/t21-/m0/s1. The Morgan fingerprint density at radius 1 is 1.08 bits per heavy atom. The van der Waals surface area contributed by atoms with Crippen LogP contribution in [0.4, 0.5) is 5.69 Å². The number of unbranched alkanes of at least 4 members (excludes halogenated alkanes) is 2. The summed E-state index contributed by atoms with van der Waals surface area (Å²) in [6, 6.07) is 3.93. The number of rotatable bonds is 11. The number of hydrogen-bond acceptors (Lipinski definition) is 3. The Kier molecular flexibility index (Phi) is 8.98. The largest absolute Gasteiger partial charge is 0.493 e. The predicted octanol–water partition coefficient (Wildman–Crippen LogP) is 5.41. The van der Waals surface area contributed by atoms with Crippen molar-refractivity contribution < 1.29 is 14.3 Å². The minimum Gasteiger partial charge on any atom is -0.493 e. The molecule has 0 aliphatic heterocycles. The zero-order valence-corrected chi connectivity index (χ0v) is 16.8. The lowest BCUT2D eigenvalue weighted by Gasteiger charge is -2.28. The highest BCUT2D eigenvalue weighted by Crippen LogP contribution is 2.29. The smallest absolute Gasteiger partial charge is 0.256 e. The van der Waals surface area contributed by atoms with Gasteiger partial charge in [-0.3, -0.25) is 4.79 Å². The number of ether oxygens (including phenoxy) is 2.